The summed E-state index contributed by atoms with van der Waals surface area (Å²) in [6, 6.07) is 15.1. The molecule has 6 nitrogen and oxygen atoms in total. The Bertz CT molecular complexity index is 949. The predicted molar refractivity (Wildman–Crippen MR) is 112 cm³/mol. The number of rotatable bonds is 8. The molecule has 0 unspecified atom stereocenters. The van der Waals surface area contributed by atoms with Crippen molar-refractivity contribution in [2.75, 3.05) is 11.1 Å². The number of aromatic amines is 1. The first-order valence-corrected chi connectivity index (χ1v) is 10.1. The number of nitrogens with one attached hydrogen (secondary N) is 2. The van der Waals surface area contributed by atoms with Crippen molar-refractivity contribution >= 4 is 29.1 Å². The number of thioether (sulfide) groups is 1. The number of hydrogen-bond acceptors (Lipinski definition) is 5. The van der Waals surface area contributed by atoms with Gasteiger partial charge in [0.25, 0.3) is 0 Å². The van der Waals surface area contributed by atoms with Gasteiger partial charge in [0, 0.05) is 23.2 Å². The third-order valence-corrected chi connectivity index (χ3v) is 5.09. The summed E-state index contributed by atoms with van der Waals surface area (Å²) in [6.07, 6.45) is 1.41. The summed E-state index contributed by atoms with van der Waals surface area (Å²) < 4.78 is 0. The quantitative estimate of drug-likeness (QED) is 0.438. The van der Waals surface area contributed by atoms with Gasteiger partial charge >= 0.3 is 0 Å². The third-order valence-electron chi connectivity index (χ3n) is 4.24. The molecule has 0 aliphatic carbocycles. The molecular weight excluding hydrogens is 372 g/mol. The van der Waals surface area contributed by atoms with E-state index in [1.165, 1.54) is 17.3 Å². The Labute approximate surface area is 168 Å². The van der Waals surface area contributed by atoms with Gasteiger partial charge in [-0.3, -0.25) is 14.7 Å². The number of nitrogens with zero attached hydrogens (tertiary/aromatic N) is 2. The van der Waals surface area contributed by atoms with Crippen molar-refractivity contribution in [3.05, 3.63) is 59.7 Å². The van der Waals surface area contributed by atoms with Gasteiger partial charge in [-0.25, -0.2) is 4.98 Å². The van der Waals surface area contributed by atoms with Crippen molar-refractivity contribution in [1.82, 2.24) is 15.2 Å². The minimum atomic E-state index is -0.0561. The summed E-state index contributed by atoms with van der Waals surface area (Å²) in [7, 11) is 0. The topological polar surface area (TPSA) is 87.7 Å². The zero-order valence-corrected chi connectivity index (χ0v) is 16.7. The van der Waals surface area contributed by atoms with Crippen LogP contribution in [0.15, 0.2) is 53.7 Å². The number of amides is 1. The number of ketones is 1. The Kier molecular flexibility index (Phi) is 6.60. The molecule has 0 saturated carbocycles. The molecule has 0 saturated heterocycles. The fourth-order valence-corrected chi connectivity index (χ4v) is 3.23. The SMILES string of the molecule is CCC(=O)Nc1ccc(C(=O)CSc2n[nH]c(-c3ccc(CC)cc3)n2)cc1. The summed E-state index contributed by atoms with van der Waals surface area (Å²) in [4.78, 5) is 28.2. The number of carbonyl (C=O) groups excluding carboxylic acids is 2. The van der Waals surface area contributed by atoms with E-state index in [0.717, 1.165) is 12.0 Å². The second-order valence-corrected chi connectivity index (χ2v) is 7.15. The van der Waals surface area contributed by atoms with E-state index in [9.17, 15) is 9.59 Å². The summed E-state index contributed by atoms with van der Waals surface area (Å²) in [5.74, 6) is 0.859. The van der Waals surface area contributed by atoms with Crippen LogP contribution in [0.25, 0.3) is 11.4 Å². The molecular formula is C21H22N4O2S. The molecule has 0 spiro atoms. The number of carbonyl (C=O) groups is 2. The molecule has 0 bridgehead atoms. The number of anilines is 1. The lowest BCUT2D eigenvalue weighted by molar-refractivity contribution is -0.115. The average molecular weight is 395 g/mol. The van der Waals surface area contributed by atoms with Gasteiger partial charge in [0.15, 0.2) is 11.6 Å². The van der Waals surface area contributed by atoms with Gasteiger partial charge in [-0.05, 0) is 36.2 Å². The lowest BCUT2D eigenvalue weighted by Gasteiger charge is -2.04. The smallest absolute Gasteiger partial charge is 0.224 e. The Morgan fingerprint density at radius 1 is 1.04 bits per heavy atom. The van der Waals surface area contributed by atoms with Crippen molar-refractivity contribution in [2.45, 2.75) is 31.8 Å². The number of Topliss-reactive ketones (excluding diaryl/α,β-unsaturated/α-hetero) is 1. The van der Waals surface area contributed by atoms with Gasteiger partial charge < -0.3 is 5.32 Å². The van der Waals surface area contributed by atoms with E-state index in [0.29, 0.717) is 28.7 Å². The molecule has 3 rings (SSSR count). The highest BCUT2D eigenvalue weighted by atomic mass is 32.2. The zero-order valence-electron chi connectivity index (χ0n) is 15.9. The molecule has 1 amide bonds. The molecule has 144 valence electrons. The second-order valence-electron chi connectivity index (χ2n) is 6.21. The van der Waals surface area contributed by atoms with Crippen LogP contribution in [-0.4, -0.2) is 32.6 Å². The van der Waals surface area contributed by atoms with Crippen molar-refractivity contribution in [1.29, 1.82) is 0 Å². The van der Waals surface area contributed by atoms with Crippen molar-refractivity contribution < 1.29 is 9.59 Å². The highest BCUT2D eigenvalue weighted by Gasteiger charge is 2.11. The van der Waals surface area contributed by atoms with Crippen LogP contribution < -0.4 is 5.32 Å². The largest absolute Gasteiger partial charge is 0.326 e. The van der Waals surface area contributed by atoms with Crippen molar-refractivity contribution in [3.8, 4) is 11.4 Å². The minimum Gasteiger partial charge on any atom is -0.326 e. The van der Waals surface area contributed by atoms with Crippen LogP contribution in [0.1, 0.15) is 36.2 Å². The standard InChI is InChI=1S/C21H22N4O2S/c1-3-14-5-7-16(8-6-14)20-23-21(25-24-20)28-13-18(26)15-9-11-17(12-10-15)22-19(27)4-2/h5-12H,3-4,13H2,1-2H3,(H,22,27)(H,23,24,25). The molecule has 7 heteroatoms. The molecule has 0 aliphatic rings. The molecule has 3 aromatic rings. The molecule has 2 aromatic carbocycles. The predicted octanol–water partition coefficient (Wildman–Crippen LogP) is 4.36. The number of aromatic nitrogens is 3. The Morgan fingerprint density at radius 3 is 2.39 bits per heavy atom. The van der Waals surface area contributed by atoms with Crippen molar-refractivity contribution in [3.63, 3.8) is 0 Å². The zero-order chi connectivity index (χ0) is 19.9. The first kappa shape index (κ1) is 19.8. The fraction of sp³-hybridized carbons (Fsp3) is 0.238. The summed E-state index contributed by atoms with van der Waals surface area (Å²) in [5.41, 5.74) is 3.51. The normalized spacial score (nSPS) is 10.6. The molecule has 1 aromatic heterocycles. The molecule has 1 heterocycles. The average Bonchev–Trinajstić information content (AvgIpc) is 3.21. The van der Waals surface area contributed by atoms with Gasteiger partial charge in [-0.1, -0.05) is 49.9 Å². The van der Waals surface area contributed by atoms with Crippen molar-refractivity contribution in [2.24, 2.45) is 0 Å². The van der Waals surface area contributed by atoms with Gasteiger partial charge in [-0.2, -0.15) is 0 Å². The summed E-state index contributed by atoms with van der Waals surface area (Å²) >= 11 is 1.29. The Morgan fingerprint density at radius 2 is 1.75 bits per heavy atom. The maximum absolute atomic E-state index is 12.4. The molecule has 2 N–H and O–H groups in total. The lowest BCUT2D eigenvalue weighted by atomic mass is 10.1. The number of aryl methyl sites for hydroxylation is 1. The van der Waals surface area contributed by atoms with Crippen LogP contribution in [0, 0.1) is 0 Å². The second kappa shape index (κ2) is 9.32. The van der Waals surface area contributed by atoms with Crippen LogP contribution in [0.4, 0.5) is 5.69 Å². The number of hydrogen-bond donors (Lipinski definition) is 2. The number of benzene rings is 2. The monoisotopic (exact) mass is 394 g/mol. The molecule has 0 aliphatic heterocycles. The van der Waals surface area contributed by atoms with Crippen LogP contribution in [0.2, 0.25) is 0 Å². The first-order chi connectivity index (χ1) is 13.6. The summed E-state index contributed by atoms with van der Waals surface area (Å²) in [5, 5.41) is 10.4. The van der Waals surface area contributed by atoms with E-state index >= 15 is 0 Å². The van der Waals surface area contributed by atoms with Crippen LogP contribution in [-0.2, 0) is 11.2 Å². The maximum Gasteiger partial charge on any atom is 0.224 e. The van der Waals surface area contributed by atoms with Crippen LogP contribution >= 0.6 is 11.8 Å². The number of H-pyrrole nitrogens is 1. The van der Waals surface area contributed by atoms with E-state index in [1.54, 1.807) is 31.2 Å². The maximum atomic E-state index is 12.4. The van der Waals surface area contributed by atoms with E-state index in [2.05, 4.69) is 39.6 Å². The van der Waals surface area contributed by atoms with E-state index < -0.39 is 0 Å². The van der Waals surface area contributed by atoms with Crippen LogP contribution in [0.3, 0.4) is 0 Å². The Hall–Kier alpha value is -2.93. The summed E-state index contributed by atoms with van der Waals surface area (Å²) in [6.45, 7) is 3.91. The highest BCUT2D eigenvalue weighted by Crippen LogP contribution is 2.21. The van der Waals surface area contributed by atoms with Gasteiger partial charge in [0.1, 0.15) is 0 Å². The molecule has 0 radical (unpaired) electrons. The van der Waals surface area contributed by atoms with E-state index in [-0.39, 0.29) is 17.4 Å². The van der Waals surface area contributed by atoms with Gasteiger partial charge in [-0.15, -0.1) is 5.10 Å². The third kappa shape index (κ3) is 5.07. The van der Waals surface area contributed by atoms with E-state index in [1.807, 2.05) is 12.1 Å². The molecule has 28 heavy (non-hydrogen) atoms. The fourth-order valence-electron chi connectivity index (χ4n) is 2.54. The van der Waals surface area contributed by atoms with Gasteiger partial charge in [0.05, 0.1) is 5.75 Å². The highest BCUT2D eigenvalue weighted by molar-refractivity contribution is 7.99. The molecule has 0 atom stereocenters. The van der Waals surface area contributed by atoms with E-state index in [4.69, 9.17) is 0 Å². The van der Waals surface area contributed by atoms with Gasteiger partial charge in [0.2, 0.25) is 11.1 Å². The lowest BCUT2D eigenvalue weighted by Crippen LogP contribution is -2.09. The van der Waals surface area contributed by atoms with Crippen LogP contribution in [0.5, 0.6) is 0 Å². The first-order valence-electron chi connectivity index (χ1n) is 9.16. The Balaban J connectivity index is 1.57. The minimum absolute atomic E-state index is 0.0167. The molecule has 0 fully saturated rings.